The Kier molecular flexibility index (Phi) is 7.63. The van der Waals surface area contributed by atoms with E-state index >= 15 is 0 Å². The molecule has 0 saturated carbocycles. The van der Waals surface area contributed by atoms with Crippen LogP contribution in [0.2, 0.25) is 0 Å². The summed E-state index contributed by atoms with van der Waals surface area (Å²) in [6, 6.07) is 0. The first-order chi connectivity index (χ1) is 11.2. The zero-order valence-electron chi connectivity index (χ0n) is 14.3. The van der Waals surface area contributed by atoms with Gasteiger partial charge < -0.3 is 19.6 Å². The smallest absolute Gasteiger partial charge is 0.407 e. The molecule has 1 saturated heterocycles. The zero-order chi connectivity index (χ0) is 18.2. The molecule has 0 aliphatic carbocycles. The Hall–Kier alpha value is -2.16. The van der Waals surface area contributed by atoms with Crippen LogP contribution in [-0.2, 0) is 28.7 Å². The Labute approximate surface area is 140 Å². The monoisotopic (exact) mass is 344 g/mol. The van der Waals surface area contributed by atoms with E-state index in [1.54, 1.807) is 20.8 Å². The first kappa shape index (κ1) is 19.9. The summed E-state index contributed by atoms with van der Waals surface area (Å²) < 4.78 is 10.3. The van der Waals surface area contributed by atoms with E-state index in [2.05, 4.69) is 10.2 Å². The van der Waals surface area contributed by atoms with Crippen molar-refractivity contribution in [1.82, 2.24) is 10.4 Å². The van der Waals surface area contributed by atoms with E-state index in [1.165, 1.54) is 0 Å². The highest BCUT2D eigenvalue weighted by Gasteiger charge is 2.32. The maximum atomic E-state index is 11.5. The number of amides is 3. The van der Waals surface area contributed by atoms with Gasteiger partial charge in [-0.3, -0.25) is 9.59 Å². The second-order valence-corrected chi connectivity index (χ2v) is 6.19. The SMILES string of the molecule is CC(C)(C)OC(=O)NCCCOCCC(=O)ON1C(=O)CCC1=O. The fourth-order valence-corrected chi connectivity index (χ4v) is 1.74. The normalized spacial score (nSPS) is 14.7. The molecule has 0 atom stereocenters. The van der Waals surface area contributed by atoms with Crippen LogP contribution in [0.1, 0.15) is 46.5 Å². The Morgan fingerprint density at radius 1 is 1.12 bits per heavy atom. The van der Waals surface area contributed by atoms with Crippen LogP contribution in [0, 0.1) is 0 Å². The van der Waals surface area contributed by atoms with Gasteiger partial charge in [0.1, 0.15) is 5.60 Å². The molecule has 0 spiro atoms. The molecule has 1 N–H and O–H groups in total. The maximum Gasteiger partial charge on any atom is 0.407 e. The van der Waals surface area contributed by atoms with Gasteiger partial charge in [0.05, 0.1) is 13.0 Å². The molecule has 24 heavy (non-hydrogen) atoms. The van der Waals surface area contributed by atoms with Crippen molar-refractivity contribution in [2.75, 3.05) is 19.8 Å². The van der Waals surface area contributed by atoms with Crippen LogP contribution in [0.4, 0.5) is 4.79 Å². The van der Waals surface area contributed by atoms with Crippen LogP contribution in [0.3, 0.4) is 0 Å². The number of carbonyl (C=O) groups is 4. The predicted molar refractivity (Wildman–Crippen MR) is 81.5 cm³/mol. The quantitative estimate of drug-likeness (QED) is 0.514. The summed E-state index contributed by atoms with van der Waals surface area (Å²) in [6.45, 7) is 6.15. The molecule has 0 aromatic rings. The van der Waals surface area contributed by atoms with Crippen LogP contribution in [-0.4, -0.2) is 54.3 Å². The van der Waals surface area contributed by atoms with E-state index in [1.807, 2.05) is 0 Å². The molecule has 3 amide bonds. The van der Waals surface area contributed by atoms with Crippen molar-refractivity contribution >= 4 is 23.9 Å². The Balaban J connectivity index is 2.02. The lowest BCUT2D eigenvalue weighted by Gasteiger charge is -2.19. The topological polar surface area (TPSA) is 111 Å². The van der Waals surface area contributed by atoms with Crippen LogP contribution in [0.25, 0.3) is 0 Å². The Morgan fingerprint density at radius 3 is 2.33 bits per heavy atom. The van der Waals surface area contributed by atoms with Crippen molar-refractivity contribution in [1.29, 1.82) is 0 Å². The van der Waals surface area contributed by atoms with Gasteiger partial charge in [-0.15, -0.1) is 5.06 Å². The van der Waals surface area contributed by atoms with Crippen molar-refractivity contribution < 1.29 is 33.5 Å². The molecular formula is C15H24N2O7. The molecule has 1 heterocycles. The van der Waals surface area contributed by atoms with E-state index in [0.29, 0.717) is 24.6 Å². The molecule has 1 rings (SSSR count). The highest BCUT2D eigenvalue weighted by atomic mass is 16.7. The number of nitrogens with one attached hydrogen (secondary N) is 1. The van der Waals surface area contributed by atoms with Gasteiger partial charge >= 0.3 is 12.1 Å². The number of nitrogens with zero attached hydrogens (tertiary/aromatic N) is 1. The lowest BCUT2D eigenvalue weighted by molar-refractivity contribution is -0.198. The molecule has 0 radical (unpaired) electrons. The van der Waals surface area contributed by atoms with Crippen LogP contribution in [0.5, 0.6) is 0 Å². The molecule has 1 aliphatic rings. The van der Waals surface area contributed by atoms with E-state index < -0.39 is 29.5 Å². The van der Waals surface area contributed by atoms with E-state index in [-0.39, 0.29) is 25.9 Å². The van der Waals surface area contributed by atoms with Crippen LogP contribution < -0.4 is 5.32 Å². The highest BCUT2D eigenvalue weighted by molar-refractivity contribution is 6.01. The number of alkyl carbamates (subject to hydrolysis) is 1. The first-order valence-electron chi connectivity index (χ1n) is 7.80. The minimum absolute atomic E-state index is 0.0628. The van der Waals surface area contributed by atoms with E-state index in [0.717, 1.165) is 0 Å². The number of imide groups is 1. The van der Waals surface area contributed by atoms with Crippen molar-refractivity contribution in [3.05, 3.63) is 0 Å². The lowest BCUT2D eigenvalue weighted by Crippen LogP contribution is -2.33. The summed E-state index contributed by atoms with van der Waals surface area (Å²) in [4.78, 5) is 50.0. The van der Waals surface area contributed by atoms with Crippen LogP contribution >= 0.6 is 0 Å². The molecule has 0 aromatic carbocycles. The molecule has 0 aromatic heterocycles. The molecular weight excluding hydrogens is 320 g/mol. The number of hydroxylamine groups is 2. The molecule has 1 fully saturated rings. The van der Waals surface area contributed by atoms with Gasteiger partial charge in [-0.2, -0.15) is 0 Å². The second kappa shape index (κ2) is 9.21. The standard InChI is InChI=1S/C15H24N2O7/c1-15(2,3)23-14(21)16-8-4-9-22-10-7-13(20)24-17-11(18)5-6-12(17)19/h4-10H2,1-3H3,(H,16,21). The molecule has 9 heteroatoms. The second-order valence-electron chi connectivity index (χ2n) is 6.19. The fraction of sp³-hybridized carbons (Fsp3) is 0.733. The summed E-state index contributed by atoms with van der Waals surface area (Å²) in [5, 5.41) is 3.09. The summed E-state index contributed by atoms with van der Waals surface area (Å²) in [5.41, 5.74) is -0.543. The molecule has 9 nitrogen and oxygen atoms in total. The zero-order valence-corrected chi connectivity index (χ0v) is 14.3. The third-order valence-corrected chi connectivity index (χ3v) is 2.78. The average Bonchev–Trinajstić information content (AvgIpc) is 2.76. The van der Waals surface area contributed by atoms with Crippen molar-refractivity contribution in [2.24, 2.45) is 0 Å². The van der Waals surface area contributed by atoms with Gasteiger partial charge in [-0.25, -0.2) is 9.59 Å². The van der Waals surface area contributed by atoms with Crippen LogP contribution in [0.15, 0.2) is 0 Å². The Bertz CT molecular complexity index is 469. The number of ether oxygens (including phenoxy) is 2. The van der Waals surface area contributed by atoms with E-state index in [9.17, 15) is 19.2 Å². The minimum Gasteiger partial charge on any atom is -0.444 e. The summed E-state index contributed by atoms with van der Waals surface area (Å²) in [5.74, 6) is -1.73. The highest BCUT2D eigenvalue weighted by Crippen LogP contribution is 2.12. The van der Waals surface area contributed by atoms with E-state index in [4.69, 9.17) is 9.47 Å². The predicted octanol–water partition coefficient (Wildman–Crippen LogP) is 0.915. The van der Waals surface area contributed by atoms with Gasteiger partial charge in [0, 0.05) is 26.0 Å². The third kappa shape index (κ3) is 7.91. The number of hydrogen-bond acceptors (Lipinski definition) is 7. The molecule has 0 unspecified atom stereocenters. The first-order valence-corrected chi connectivity index (χ1v) is 7.80. The van der Waals surface area contributed by atoms with Gasteiger partial charge in [0.25, 0.3) is 11.8 Å². The Morgan fingerprint density at radius 2 is 1.75 bits per heavy atom. The average molecular weight is 344 g/mol. The van der Waals surface area contributed by atoms with Gasteiger partial charge in [0.15, 0.2) is 0 Å². The van der Waals surface area contributed by atoms with Gasteiger partial charge in [0.2, 0.25) is 0 Å². The van der Waals surface area contributed by atoms with Gasteiger partial charge in [-0.1, -0.05) is 0 Å². The van der Waals surface area contributed by atoms with Crippen molar-refractivity contribution in [3.63, 3.8) is 0 Å². The fourth-order valence-electron chi connectivity index (χ4n) is 1.74. The lowest BCUT2D eigenvalue weighted by atomic mass is 10.2. The van der Waals surface area contributed by atoms with Crippen molar-refractivity contribution in [2.45, 2.75) is 52.1 Å². The molecule has 136 valence electrons. The molecule has 1 aliphatic heterocycles. The van der Waals surface area contributed by atoms with Gasteiger partial charge in [-0.05, 0) is 27.2 Å². The summed E-state index contributed by atoms with van der Waals surface area (Å²) >= 11 is 0. The largest absolute Gasteiger partial charge is 0.444 e. The summed E-state index contributed by atoms with van der Waals surface area (Å²) in [7, 11) is 0. The number of carbonyl (C=O) groups excluding carboxylic acids is 4. The minimum atomic E-state index is -0.703. The van der Waals surface area contributed by atoms with Crippen molar-refractivity contribution in [3.8, 4) is 0 Å². The number of rotatable bonds is 8. The maximum absolute atomic E-state index is 11.5. The summed E-state index contributed by atoms with van der Waals surface area (Å²) in [6.07, 6.45) is 0.111. The number of hydrogen-bond donors (Lipinski definition) is 1. The molecule has 0 bridgehead atoms. The third-order valence-electron chi connectivity index (χ3n) is 2.78.